The summed E-state index contributed by atoms with van der Waals surface area (Å²) in [4.78, 5) is 20.4. The normalized spacial score (nSPS) is 13.4. The maximum atomic E-state index is 13.8. The number of carbonyl (C=O) groups is 1. The van der Waals surface area contributed by atoms with Crippen molar-refractivity contribution in [2.24, 2.45) is 0 Å². The summed E-state index contributed by atoms with van der Waals surface area (Å²) in [5, 5.41) is 0.564. The minimum atomic E-state index is -3.77. The van der Waals surface area contributed by atoms with Gasteiger partial charge >= 0.3 is 0 Å². The molecular formula is C30H27N3O4S2. The Morgan fingerprint density at radius 3 is 2.62 bits per heavy atom. The molecule has 39 heavy (non-hydrogen) atoms. The van der Waals surface area contributed by atoms with Gasteiger partial charge in [0.15, 0.2) is 5.13 Å². The van der Waals surface area contributed by atoms with Gasteiger partial charge in [-0.25, -0.2) is 13.4 Å². The molecule has 0 aliphatic carbocycles. The molecule has 5 aromatic rings. The van der Waals surface area contributed by atoms with Gasteiger partial charge in [-0.2, -0.15) is 0 Å². The second-order valence-corrected chi connectivity index (χ2v) is 12.3. The summed E-state index contributed by atoms with van der Waals surface area (Å²) in [5.41, 5.74) is 4.12. The molecule has 0 spiro atoms. The van der Waals surface area contributed by atoms with Crippen molar-refractivity contribution >= 4 is 48.3 Å². The first-order valence-electron chi connectivity index (χ1n) is 12.9. The van der Waals surface area contributed by atoms with E-state index in [-0.39, 0.29) is 17.3 Å². The highest BCUT2D eigenvalue weighted by atomic mass is 32.2. The SMILES string of the molecule is CCc1cccc2sc(N(Cc3ccco3)C(=O)c3ccc(S(=O)(=O)N4CCCc5ccccc54)cc3)nc12. The zero-order valence-electron chi connectivity index (χ0n) is 21.4. The number of thiazole rings is 1. The monoisotopic (exact) mass is 557 g/mol. The molecule has 6 rings (SSSR count). The van der Waals surface area contributed by atoms with Gasteiger partial charge in [-0.3, -0.25) is 14.0 Å². The van der Waals surface area contributed by atoms with Crippen LogP contribution < -0.4 is 9.21 Å². The number of amides is 1. The molecule has 198 valence electrons. The van der Waals surface area contributed by atoms with Crippen molar-refractivity contribution in [1.82, 2.24) is 4.98 Å². The van der Waals surface area contributed by atoms with Gasteiger partial charge in [0.05, 0.1) is 33.6 Å². The highest BCUT2D eigenvalue weighted by Gasteiger charge is 2.30. The molecule has 3 heterocycles. The van der Waals surface area contributed by atoms with Gasteiger partial charge in [0, 0.05) is 12.1 Å². The smallest absolute Gasteiger partial charge is 0.264 e. The molecule has 7 nitrogen and oxygen atoms in total. The fourth-order valence-corrected chi connectivity index (χ4v) is 7.53. The third-order valence-electron chi connectivity index (χ3n) is 7.00. The molecule has 0 saturated carbocycles. The van der Waals surface area contributed by atoms with Crippen molar-refractivity contribution in [2.45, 2.75) is 37.6 Å². The van der Waals surface area contributed by atoms with Crippen LogP contribution in [0, 0.1) is 0 Å². The van der Waals surface area contributed by atoms with E-state index in [2.05, 4.69) is 6.92 Å². The Balaban J connectivity index is 1.33. The molecule has 9 heteroatoms. The Morgan fingerprint density at radius 2 is 1.85 bits per heavy atom. The lowest BCUT2D eigenvalue weighted by Crippen LogP contribution is -2.35. The topological polar surface area (TPSA) is 83.7 Å². The number of anilines is 2. The second-order valence-electron chi connectivity index (χ2n) is 9.42. The summed E-state index contributed by atoms with van der Waals surface area (Å²) in [5.74, 6) is 0.344. The zero-order valence-corrected chi connectivity index (χ0v) is 23.0. The van der Waals surface area contributed by atoms with Crippen LogP contribution in [0.5, 0.6) is 0 Å². The maximum absolute atomic E-state index is 13.8. The molecule has 0 unspecified atom stereocenters. The average molecular weight is 558 g/mol. The van der Waals surface area contributed by atoms with E-state index in [9.17, 15) is 13.2 Å². The van der Waals surface area contributed by atoms with Crippen LogP contribution in [0.3, 0.4) is 0 Å². The zero-order chi connectivity index (χ0) is 27.0. The molecule has 1 amide bonds. The first kappa shape index (κ1) is 25.3. The van der Waals surface area contributed by atoms with Crippen LogP contribution in [0.15, 0.2) is 94.4 Å². The lowest BCUT2D eigenvalue weighted by molar-refractivity contribution is 0.0983. The van der Waals surface area contributed by atoms with Gasteiger partial charge < -0.3 is 4.42 Å². The lowest BCUT2D eigenvalue weighted by atomic mass is 10.0. The highest BCUT2D eigenvalue weighted by Crippen LogP contribution is 2.34. The molecular weight excluding hydrogens is 530 g/mol. The number of rotatable bonds is 7. The van der Waals surface area contributed by atoms with E-state index in [0.29, 0.717) is 23.0 Å². The molecule has 2 aromatic heterocycles. The summed E-state index contributed by atoms with van der Waals surface area (Å²) in [6.07, 6.45) is 4.02. The van der Waals surface area contributed by atoms with Crippen LogP contribution >= 0.6 is 11.3 Å². The van der Waals surface area contributed by atoms with Crippen LogP contribution in [-0.2, 0) is 29.4 Å². The minimum absolute atomic E-state index is 0.154. The highest BCUT2D eigenvalue weighted by molar-refractivity contribution is 7.92. The Hall–Kier alpha value is -3.95. The third-order valence-corrected chi connectivity index (χ3v) is 9.87. The van der Waals surface area contributed by atoms with Crippen LogP contribution in [0.1, 0.15) is 40.6 Å². The molecule has 0 N–H and O–H groups in total. The molecule has 0 saturated heterocycles. The molecule has 0 bridgehead atoms. The number of hydrogen-bond donors (Lipinski definition) is 0. The molecule has 0 fully saturated rings. The molecule has 3 aromatic carbocycles. The van der Waals surface area contributed by atoms with Crippen molar-refractivity contribution in [2.75, 3.05) is 15.7 Å². The van der Waals surface area contributed by atoms with Gasteiger partial charge in [0.2, 0.25) is 0 Å². The number of aryl methyl sites for hydroxylation is 2. The van der Waals surface area contributed by atoms with Crippen molar-refractivity contribution in [3.63, 3.8) is 0 Å². The average Bonchev–Trinajstić information content (AvgIpc) is 3.65. The van der Waals surface area contributed by atoms with Crippen LogP contribution in [0.25, 0.3) is 10.2 Å². The number of carbonyl (C=O) groups excluding carboxylic acids is 1. The number of para-hydroxylation sites is 2. The van der Waals surface area contributed by atoms with Crippen molar-refractivity contribution in [3.8, 4) is 0 Å². The maximum Gasteiger partial charge on any atom is 0.264 e. The van der Waals surface area contributed by atoms with Gasteiger partial charge in [-0.15, -0.1) is 0 Å². The summed E-state index contributed by atoms with van der Waals surface area (Å²) in [6, 6.07) is 23.4. The van der Waals surface area contributed by atoms with Crippen LogP contribution in [0.4, 0.5) is 10.8 Å². The quantitative estimate of drug-likeness (QED) is 0.230. The van der Waals surface area contributed by atoms with E-state index >= 15 is 0 Å². The van der Waals surface area contributed by atoms with E-state index in [4.69, 9.17) is 9.40 Å². The Morgan fingerprint density at radius 1 is 1.03 bits per heavy atom. The number of aromatic nitrogens is 1. The Labute approximate surface area is 231 Å². The largest absolute Gasteiger partial charge is 0.467 e. The standard InChI is InChI=1S/C30H27N3O4S2/c1-2-21-9-5-13-27-28(21)31-30(38-27)32(20-24-11-7-19-37-24)29(34)23-14-16-25(17-15-23)39(35,36)33-18-6-10-22-8-3-4-12-26(22)33/h3-5,7-9,11-17,19H,2,6,10,18,20H2,1H3. The van der Waals surface area contributed by atoms with Crippen molar-refractivity contribution in [1.29, 1.82) is 0 Å². The summed E-state index contributed by atoms with van der Waals surface area (Å²) in [7, 11) is -3.77. The fourth-order valence-electron chi connectivity index (χ4n) is 4.98. The van der Waals surface area contributed by atoms with E-state index in [1.54, 1.807) is 29.4 Å². The summed E-state index contributed by atoms with van der Waals surface area (Å²) < 4.78 is 35.2. The number of hydrogen-bond acceptors (Lipinski definition) is 6. The second kappa shape index (κ2) is 10.3. The summed E-state index contributed by atoms with van der Waals surface area (Å²) in [6.45, 7) is 2.71. The number of nitrogens with zero attached hydrogens (tertiary/aromatic N) is 3. The Kier molecular flexibility index (Phi) is 6.70. The van der Waals surface area contributed by atoms with Crippen molar-refractivity contribution < 1.29 is 17.6 Å². The molecule has 0 radical (unpaired) electrons. The first-order valence-corrected chi connectivity index (χ1v) is 15.1. The van der Waals surface area contributed by atoms with E-state index in [1.165, 1.54) is 27.8 Å². The number of benzene rings is 3. The summed E-state index contributed by atoms with van der Waals surface area (Å²) >= 11 is 1.45. The van der Waals surface area contributed by atoms with Gasteiger partial charge in [-0.1, -0.05) is 48.6 Å². The molecule has 1 aliphatic rings. The third kappa shape index (κ3) is 4.72. The molecule has 0 atom stereocenters. The number of fused-ring (bicyclic) bond motifs is 2. The van der Waals surface area contributed by atoms with Gasteiger partial charge in [-0.05, 0) is 78.9 Å². The van der Waals surface area contributed by atoms with E-state index < -0.39 is 10.0 Å². The van der Waals surface area contributed by atoms with Gasteiger partial charge in [0.25, 0.3) is 15.9 Å². The predicted molar refractivity (Wildman–Crippen MR) is 154 cm³/mol. The van der Waals surface area contributed by atoms with E-state index in [0.717, 1.165) is 46.3 Å². The van der Waals surface area contributed by atoms with Crippen LogP contribution in [-0.4, -0.2) is 25.9 Å². The minimum Gasteiger partial charge on any atom is -0.467 e. The van der Waals surface area contributed by atoms with Crippen LogP contribution in [0.2, 0.25) is 0 Å². The Bertz CT molecular complexity index is 1740. The fraction of sp³-hybridized carbons (Fsp3) is 0.200. The lowest BCUT2D eigenvalue weighted by Gasteiger charge is -2.30. The van der Waals surface area contributed by atoms with Gasteiger partial charge in [0.1, 0.15) is 5.76 Å². The number of sulfonamides is 1. The number of furan rings is 1. The first-order chi connectivity index (χ1) is 19.0. The molecule has 1 aliphatic heterocycles. The predicted octanol–water partition coefficient (Wildman–Crippen LogP) is 6.44. The van der Waals surface area contributed by atoms with Crippen molar-refractivity contribution in [3.05, 3.63) is 108 Å². The van der Waals surface area contributed by atoms with E-state index in [1.807, 2.05) is 48.5 Å².